The molecule has 2 aromatic carbocycles. The number of nitrogens with two attached hydrogens (primary N) is 1. The van der Waals surface area contributed by atoms with Crippen LogP contribution in [0.25, 0.3) is 0 Å². The van der Waals surface area contributed by atoms with Crippen LogP contribution < -0.4 is 16.4 Å². The molecule has 0 saturated heterocycles. The van der Waals surface area contributed by atoms with Crippen LogP contribution in [0.15, 0.2) is 36.4 Å². The monoisotopic (exact) mass is 596 g/mol. The number of hydrogen-bond acceptors (Lipinski definition) is 6. The number of para-hydroxylation sites is 2. The number of alkyl carbamates (subject to hydrolysis) is 1. The molecule has 236 valence electrons. The molecule has 0 aliphatic heterocycles. The van der Waals surface area contributed by atoms with Gasteiger partial charge in [0, 0.05) is 17.8 Å². The topological polar surface area (TPSA) is 151 Å². The van der Waals surface area contributed by atoms with Crippen LogP contribution in [-0.2, 0) is 19.1 Å². The van der Waals surface area contributed by atoms with E-state index in [2.05, 4.69) is 17.6 Å². The quantitative estimate of drug-likeness (QED) is 0.210. The summed E-state index contributed by atoms with van der Waals surface area (Å²) in [7, 11) is 0. The Morgan fingerprint density at radius 1 is 0.930 bits per heavy atom. The van der Waals surface area contributed by atoms with Gasteiger partial charge in [-0.25, -0.2) is 4.79 Å². The normalized spacial score (nSPS) is 12.6. The third-order valence-corrected chi connectivity index (χ3v) is 7.03. The molecule has 2 aromatic rings. The second-order valence-electron chi connectivity index (χ2n) is 12.0. The summed E-state index contributed by atoms with van der Waals surface area (Å²) in [5.74, 6) is -2.18. The molecule has 4 amide bonds. The first-order chi connectivity index (χ1) is 20.2. The maximum absolute atomic E-state index is 14.3. The molecule has 0 aliphatic carbocycles. The summed E-state index contributed by atoms with van der Waals surface area (Å²) in [6.45, 7) is 12.7. The number of nitrogens with one attached hydrogen (secondary N) is 2. The van der Waals surface area contributed by atoms with Crippen molar-refractivity contribution in [1.82, 2.24) is 10.2 Å². The molecule has 0 aliphatic rings. The first-order valence-corrected chi connectivity index (χ1v) is 14.9. The maximum Gasteiger partial charge on any atom is 0.408 e. The molecule has 0 heterocycles. The van der Waals surface area contributed by atoms with Gasteiger partial charge in [-0.1, -0.05) is 69.0 Å². The van der Waals surface area contributed by atoms with Crippen LogP contribution in [0.3, 0.4) is 0 Å². The lowest BCUT2D eigenvalue weighted by Gasteiger charge is -2.35. The van der Waals surface area contributed by atoms with E-state index in [1.165, 1.54) is 4.90 Å². The van der Waals surface area contributed by atoms with Gasteiger partial charge in [-0.05, 0) is 64.7 Å². The van der Waals surface area contributed by atoms with Crippen molar-refractivity contribution in [3.05, 3.63) is 58.7 Å². The predicted octanol–water partition coefficient (Wildman–Crippen LogP) is 5.56. The van der Waals surface area contributed by atoms with Crippen LogP contribution in [0.1, 0.15) is 94.5 Å². The number of carbonyl (C=O) groups is 4. The molecule has 2 rings (SSSR count). The van der Waals surface area contributed by atoms with Gasteiger partial charge in [-0.2, -0.15) is 0 Å². The van der Waals surface area contributed by atoms with Crippen LogP contribution in [0.5, 0.6) is 5.75 Å². The van der Waals surface area contributed by atoms with Crippen molar-refractivity contribution in [3.63, 3.8) is 0 Å². The van der Waals surface area contributed by atoms with Crippen LogP contribution in [-0.4, -0.2) is 52.0 Å². The highest BCUT2D eigenvalue weighted by atomic mass is 16.6. The van der Waals surface area contributed by atoms with E-state index in [1.807, 2.05) is 32.0 Å². The standard InChI is InChI=1S/C33H48N4O6/c1-8-9-10-11-12-19-37(31(41)25(20-26(34)38)35-32(42)43-33(5,6)7)28(24-18-14-17-23(4)29(24)39)30(40)36-27-21(2)15-13-16-22(27)3/h13-18,25,28,39H,8-12,19-20H2,1-7H3,(H2,34,38)(H,35,42)(H,36,40). The number of carbonyl (C=O) groups excluding carboxylic acids is 4. The van der Waals surface area contributed by atoms with E-state index in [1.54, 1.807) is 45.9 Å². The van der Waals surface area contributed by atoms with Crippen molar-refractivity contribution < 1.29 is 29.0 Å². The molecule has 0 radical (unpaired) electrons. The number of ether oxygens (including phenoxy) is 1. The average molecular weight is 597 g/mol. The fourth-order valence-electron chi connectivity index (χ4n) is 4.86. The number of nitrogens with zero attached hydrogens (tertiary/aromatic N) is 1. The minimum atomic E-state index is -1.40. The zero-order chi connectivity index (χ0) is 32.3. The molecular formula is C33H48N4O6. The lowest BCUT2D eigenvalue weighted by Crippen LogP contribution is -2.53. The molecule has 43 heavy (non-hydrogen) atoms. The SMILES string of the molecule is CCCCCCCN(C(=O)C(CC(N)=O)NC(=O)OC(C)(C)C)C(C(=O)Nc1c(C)cccc1C)c1cccc(C)c1O. The molecule has 10 nitrogen and oxygen atoms in total. The molecule has 5 N–H and O–H groups in total. The Balaban J connectivity index is 2.64. The lowest BCUT2D eigenvalue weighted by atomic mass is 9.97. The molecule has 0 bridgehead atoms. The second kappa shape index (κ2) is 16.0. The molecule has 0 spiro atoms. The summed E-state index contributed by atoms with van der Waals surface area (Å²) >= 11 is 0. The Bertz CT molecular complexity index is 1270. The van der Waals surface area contributed by atoms with E-state index in [-0.39, 0.29) is 17.9 Å². The Morgan fingerprint density at radius 2 is 1.51 bits per heavy atom. The van der Waals surface area contributed by atoms with Crippen LogP contribution in [0.4, 0.5) is 10.5 Å². The van der Waals surface area contributed by atoms with E-state index >= 15 is 0 Å². The minimum absolute atomic E-state index is 0.125. The molecule has 10 heteroatoms. The van der Waals surface area contributed by atoms with E-state index in [0.29, 0.717) is 17.7 Å². The Labute approximate surface area is 255 Å². The smallest absolute Gasteiger partial charge is 0.408 e. The Hall–Kier alpha value is -4.08. The fraction of sp³-hybridized carbons (Fsp3) is 0.515. The van der Waals surface area contributed by atoms with Gasteiger partial charge in [-0.15, -0.1) is 0 Å². The Kier molecular flexibility index (Phi) is 13.0. The first kappa shape index (κ1) is 35.1. The van der Waals surface area contributed by atoms with Crippen molar-refractivity contribution >= 4 is 29.5 Å². The Morgan fingerprint density at radius 3 is 2.09 bits per heavy atom. The number of phenols is 1. The van der Waals surface area contributed by atoms with E-state index in [4.69, 9.17) is 10.5 Å². The van der Waals surface area contributed by atoms with Crippen LogP contribution >= 0.6 is 0 Å². The van der Waals surface area contributed by atoms with Gasteiger partial charge in [-0.3, -0.25) is 14.4 Å². The number of unbranched alkanes of at least 4 members (excludes halogenated alkanes) is 4. The van der Waals surface area contributed by atoms with Crippen molar-refractivity contribution in [2.75, 3.05) is 11.9 Å². The number of anilines is 1. The largest absolute Gasteiger partial charge is 0.507 e. The average Bonchev–Trinajstić information content (AvgIpc) is 2.90. The summed E-state index contributed by atoms with van der Waals surface area (Å²) in [5, 5.41) is 16.6. The third-order valence-electron chi connectivity index (χ3n) is 7.03. The summed E-state index contributed by atoms with van der Waals surface area (Å²) in [4.78, 5) is 54.6. The molecule has 2 atom stereocenters. The molecule has 2 unspecified atom stereocenters. The molecule has 0 saturated carbocycles. The molecule has 0 aromatic heterocycles. The molecular weight excluding hydrogens is 548 g/mol. The van der Waals surface area contributed by atoms with Crippen molar-refractivity contribution in [2.24, 2.45) is 5.73 Å². The lowest BCUT2D eigenvalue weighted by molar-refractivity contribution is -0.142. The predicted molar refractivity (Wildman–Crippen MR) is 168 cm³/mol. The number of hydrogen-bond donors (Lipinski definition) is 4. The van der Waals surface area contributed by atoms with E-state index < -0.39 is 47.9 Å². The zero-order valence-electron chi connectivity index (χ0n) is 26.6. The van der Waals surface area contributed by atoms with Crippen LogP contribution in [0.2, 0.25) is 0 Å². The van der Waals surface area contributed by atoms with Gasteiger partial charge in [0.05, 0.1) is 6.42 Å². The van der Waals surface area contributed by atoms with Gasteiger partial charge in [0.15, 0.2) is 0 Å². The second-order valence-corrected chi connectivity index (χ2v) is 12.0. The summed E-state index contributed by atoms with van der Waals surface area (Å²) in [6, 6.07) is 7.94. The fourth-order valence-corrected chi connectivity index (χ4v) is 4.86. The van der Waals surface area contributed by atoms with Crippen LogP contribution in [0, 0.1) is 20.8 Å². The highest BCUT2D eigenvalue weighted by Crippen LogP contribution is 2.34. The third kappa shape index (κ3) is 10.6. The summed E-state index contributed by atoms with van der Waals surface area (Å²) in [5.41, 5.74) is 7.64. The minimum Gasteiger partial charge on any atom is -0.507 e. The number of phenolic OH excluding ortho intramolecular Hbond substituents is 1. The van der Waals surface area contributed by atoms with Gasteiger partial charge in [0.1, 0.15) is 23.4 Å². The first-order valence-electron chi connectivity index (χ1n) is 14.9. The number of aromatic hydroxyl groups is 1. The number of benzene rings is 2. The summed E-state index contributed by atoms with van der Waals surface area (Å²) < 4.78 is 5.35. The maximum atomic E-state index is 14.3. The van der Waals surface area contributed by atoms with Crippen molar-refractivity contribution in [2.45, 2.75) is 105 Å². The number of primary amides is 1. The number of aryl methyl sites for hydroxylation is 3. The zero-order valence-corrected chi connectivity index (χ0v) is 26.6. The molecule has 0 fully saturated rings. The van der Waals surface area contributed by atoms with Gasteiger partial charge >= 0.3 is 6.09 Å². The van der Waals surface area contributed by atoms with E-state index in [9.17, 15) is 24.3 Å². The highest BCUT2D eigenvalue weighted by Gasteiger charge is 2.38. The highest BCUT2D eigenvalue weighted by molar-refractivity contribution is 6.01. The van der Waals surface area contributed by atoms with Crippen molar-refractivity contribution in [1.29, 1.82) is 0 Å². The number of rotatable bonds is 14. The van der Waals surface area contributed by atoms with Gasteiger partial charge in [0.25, 0.3) is 5.91 Å². The van der Waals surface area contributed by atoms with Gasteiger partial charge in [0.2, 0.25) is 11.8 Å². The van der Waals surface area contributed by atoms with Crippen molar-refractivity contribution in [3.8, 4) is 5.75 Å². The van der Waals surface area contributed by atoms with E-state index in [0.717, 1.165) is 36.8 Å². The van der Waals surface area contributed by atoms with Gasteiger partial charge < -0.3 is 31.1 Å². The summed E-state index contributed by atoms with van der Waals surface area (Å²) in [6.07, 6.45) is 2.94. The number of amides is 4.